The summed E-state index contributed by atoms with van der Waals surface area (Å²) in [4.78, 5) is 29.9. The monoisotopic (exact) mass is 450 g/mol. The number of carbonyl (C=O) groups excluding carboxylic acids is 2. The number of likely N-dealkylation sites (N-methyl/N-ethyl adjacent to an activating group) is 1. The van der Waals surface area contributed by atoms with Crippen molar-refractivity contribution < 1.29 is 14.0 Å². The van der Waals surface area contributed by atoms with E-state index in [0.29, 0.717) is 30.8 Å². The van der Waals surface area contributed by atoms with E-state index in [-0.39, 0.29) is 41.8 Å². The van der Waals surface area contributed by atoms with Crippen LogP contribution < -0.4 is 10.6 Å². The van der Waals surface area contributed by atoms with Crippen LogP contribution in [0.2, 0.25) is 0 Å². The zero-order valence-corrected chi connectivity index (χ0v) is 20.4. The molecule has 4 rings (SSSR count). The SMILES string of the molecule is CC(C)C(=O)N(C)C1CCN([C@H]2CCC[C@@H](NC(=O)C3CC4C(F)CCC(C)C4N3)C2)C1. The molecule has 0 radical (unpaired) electrons. The third-order valence-corrected chi connectivity index (χ3v) is 8.75. The largest absolute Gasteiger partial charge is 0.352 e. The second-order valence-corrected chi connectivity index (χ2v) is 11.3. The lowest BCUT2D eigenvalue weighted by Crippen LogP contribution is -2.51. The first-order valence-electron chi connectivity index (χ1n) is 13.0. The van der Waals surface area contributed by atoms with Crippen molar-refractivity contribution in [2.24, 2.45) is 17.8 Å². The summed E-state index contributed by atoms with van der Waals surface area (Å²) in [6.45, 7) is 8.06. The number of halogens is 1. The molecule has 2 heterocycles. The van der Waals surface area contributed by atoms with Crippen molar-refractivity contribution in [2.45, 2.75) is 109 Å². The summed E-state index contributed by atoms with van der Waals surface area (Å²) >= 11 is 0. The van der Waals surface area contributed by atoms with Crippen LogP contribution in [0.25, 0.3) is 0 Å². The van der Waals surface area contributed by atoms with Crippen LogP contribution in [-0.2, 0) is 9.59 Å². The predicted octanol–water partition coefficient (Wildman–Crippen LogP) is 2.72. The van der Waals surface area contributed by atoms with Gasteiger partial charge >= 0.3 is 0 Å². The Balaban J connectivity index is 1.27. The molecule has 6 nitrogen and oxygen atoms in total. The Labute approximate surface area is 193 Å². The highest BCUT2D eigenvalue weighted by Crippen LogP contribution is 2.38. The van der Waals surface area contributed by atoms with Crippen LogP contribution in [0.5, 0.6) is 0 Å². The first-order valence-corrected chi connectivity index (χ1v) is 13.0. The molecule has 182 valence electrons. The standard InChI is InChI=1S/C25H43FN4O2/c1-15(2)25(32)29(4)19-10-11-30(14-19)18-7-5-6-17(12-18)27-24(31)22-13-20-21(26)9-8-16(3)23(20)28-22/h15-23,28H,5-14H2,1-4H3,(H,27,31)/t16?,17-,18+,19?,20?,21?,22?,23?/m1/s1. The van der Waals surface area contributed by atoms with Crippen molar-refractivity contribution in [1.82, 2.24) is 20.4 Å². The second kappa shape index (κ2) is 9.96. The zero-order valence-electron chi connectivity index (χ0n) is 20.4. The van der Waals surface area contributed by atoms with Gasteiger partial charge in [0.05, 0.1) is 6.04 Å². The topological polar surface area (TPSA) is 64.7 Å². The molecule has 0 bridgehead atoms. The molecular formula is C25H43FN4O2. The van der Waals surface area contributed by atoms with Crippen LogP contribution >= 0.6 is 0 Å². The molecule has 0 aromatic rings. The minimum absolute atomic E-state index is 0.0133. The summed E-state index contributed by atoms with van der Waals surface area (Å²) in [6.07, 6.45) is 6.69. The third kappa shape index (κ3) is 4.98. The van der Waals surface area contributed by atoms with Crippen LogP contribution in [0.3, 0.4) is 0 Å². The van der Waals surface area contributed by atoms with Crippen molar-refractivity contribution >= 4 is 11.8 Å². The number of hydrogen-bond acceptors (Lipinski definition) is 4. The Morgan fingerprint density at radius 1 is 1.12 bits per heavy atom. The highest BCUT2D eigenvalue weighted by molar-refractivity contribution is 5.82. The number of nitrogens with one attached hydrogen (secondary N) is 2. The van der Waals surface area contributed by atoms with Gasteiger partial charge in [-0.05, 0) is 57.3 Å². The summed E-state index contributed by atoms with van der Waals surface area (Å²) in [5.41, 5.74) is 0. The van der Waals surface area contributed by atoms with Gasteiger partial charge in [0.2, 0.25) is 11.8 Å². The molecule has 32 heavy (non-hydrogen) atoms. The van der Waals surface area contributed by atoms with Gasteiger partial charge < -0.3 is 15.5 Å². The molecule has 4 fully saturated rings. The number of fused-ring (bicyclic) bond motifs is 1. The van der Waals surface area contributed by atoms with Gasteiger partial charge in [0.15, 0.2) is 0 Å². The Morgan fingerprint density at radius 2 is 1.91 bits per heavy atom. The minimum atomic E-state index is -0.774. The van der Waals surface area contributed by atoms with Crippen molar-refractivity contribution in [3.63, 3.8) is 0 Å². The van der Waals surface area contributed by atoms with Gasteiger partial charge in [0.25, 0.3) is 0 Å². The number of alkyl halides is 1. The first-order chi connectivity index (χ1) is 15.2. The van der Waals surface area contributed by atoms with Crippen molar-refractivity contribution in [3.8, 4) is 0 Å². The Morgan fingerprint density at radius 3 is 2.62 bits per heavy atom. The third-order valence-electron chi connectivity index (χ3n) is 8.75. The van der Waals surface area contributed by atoms with Gasteiger partial charge in [-0.2, -0.15) is 0 Å². The molecule has 2 N–H and O–H groups in total. The molecule has 2 aliphatic carbocycles. The van der Waals surface area contributed by atoms with Gasteiger partial charge in [0.1, 0.15) is 6.17 Å². The Hall–Kier alpha value is -1.21. The smallest absolute Gasteiger partial charge is 0.237 e. The number of likely N-dealkylation sites (tertiary alicyclic amines) is 1. The molecule has 2 saturated carbocycles. The lowest BCUT2D eigenvalue weighted by molar-refractivity contribution is -0.135. The molecule has 0 spiro atoms. The molecule has 7 heteroatoms. The van der Waals surface area contributed by atoms with Gasteiger partial charge in [-0.15, -0.1) is 0 Å². The molecular weight excluding hydrogens is 407 g/mol. The van der Waals surface area contributed by atoms with E-state index in [9.17, 15) is 14.0 Å². The number of amides is 2. The summed E-state index contributed by atoms with van der Waals surface area (Å²) < 4.78 is 14.4. The van der Waals surface area contributed by atoms with E-state index in [4.69, 9.17) is 0 Å². The van der Waals surface area contributed by atoms with E-state index >= 15 is 0 Å². The van der Waals surface area contributed by atoms with Gasteiger partial charge in [0, 0.05) is 56.1 Å². The van der Waals surface area contributed by atoms with Crippen LogP contribution in [0.4, 0.5) is 4.39 Å². The normalized spacial score (nSPS) is 40.3. The maximum absolute atomic E-state index is 14.4. The summed E-state index contributed by atoms with van der Waals surface area (Å²) in [5, 5.41) is 6.77. The lowest BCUT2D eigenvalue weighted by atomic mass is 9.77. The average Bonchev–Trinajstić information content (AvgIpc) is 3.44. The lowest BCUT2D eigenvalue weighted by Gasteiger charge is -2.36. The fourth-order valence-corrected chi connectivity index (χ4v) is 6.73. The molecule has 0 aromatic carbocycles. The average molecular weight is 451 g/mol. The summed E-state index contributed by atoms with van der Waals surface area (Å²) in [7, 11) is 1.94. The number of rotatable bonds is 5. The van der Waals surface area contributed by atoms with Crippen LogP contribution in [0.1, 0.15) is 72.1 Å². The maximum Gasteiger partial charge on any atom is 0.237 e. The number of nitrogens with zero attached hydrogens (tertiary/aromatic N) is 2. The van der Waals surface area contributed by atoms with E-state index in [1.165, 1.54) is 0 Å². The van der Waals surface area contributed by atoms with Gasteiger partial charge in [-0.25, -0.2) is 4.39 Å². The molecule has 0 aromatic heterocycles. The van der Waals surface area contributed by atoms with E-state index in [1.807, 2.05) is 25.8 Å². The maximum atomic E-state index is 14.4. The van der Waals surface area contributed by atoms with Crippen LogP contribution in [0, 0.1) is 17.8 Å². The van der Waals surface area contributed by atoms with Crippen molar-refractivity contribution in [2.75, 3.05) is 20.1 Å². The van der Waals surface area contributed by atoms with E-state index in [0.717, 1.165) is 51.6 Å². The predicted molar refractivity (Wildman–Crippen MR) is 124 cm³/mol. The highest BCUT2D eigenvalue weighted by atomic mass is 19.1. The Bertz CT molecular complexity index is 671. The molecule has 2 aliphatic heterocycles. The quantitative estimate of drug-likeness (QED) is 0.676. The molecule has 8 atom stereocenters. The fraction of sp³-hybridized carbons (Fsp3) is 0.920. The van der Waals surface area contributed by atoms with Crippen LogP contribution in [-0.4, -0.2) is 78.1 Å². The van der Waals surface area contributed by atoms with Gasteiger partial charge in [-0.3, -0.25) is 14.5 Å². The molecule has 2 saturated heterocycles. The van der Waals surface area contributed by atoms with Crippen molar-refractivity contribution in [3.05, 3.63) is 0 Å². The summed E-state index contributed by atoms with van der Waals surface area (Å²) in [5.74, 6) is 0.742. The first kappa shape index (κ1) is 23.9. The highest BCUT2D eigenvalue weighted by Gasteiger charge is 2.46. The van der Waals surface area contributed by atoms with E-state index in [1.54, 1.807) is 0 Å². The van der Waals surface area contributed by atoms with E-state index in [2.05, 4.69) is 22.5 Å². The Kier molecular flexibility index (Phi) is 7.45. The van der Waals surface area contributed by atoms with Crippen LogP contribution in [0.15, 0.2) is 0 Å². The minimum Gasteiger partial charge on any atom is -0.352 e. The van der Waals surface area contributed by atoms with Crippen molar-refractivity contribution in [1.29, 1.82) is 0 Å². The number of hydrogen-bond donors (Lipinski definition) is 2. The molecule has 2 amide bonds. The zero-order chi connectivity index (χ0) is 23.0. The molecule has 4 aliphatic rings. The molecule has 6 unspecified atom stereocenters. The van der Waals surface area contributed by atoms with Gasteiger partial charge in [-0.1, -0.05) is 20.8 Å². The van der Waals surface area contributed by atoms with E-state index < -0.39 is 6.17 Å². The number of carbonyl (C=O) groups is 2. The fourth-order valence-electron chi connectivity index (χ4n) is 6.73. The summed E-state index contributed by atoms with van der Waals surface area (Å²) in [6, 6.07) is 0.840. The second-order valence-electron chi connectivity index (χ2n) is 11.3.